The predicted molar refractivity (Wildman–Crippen MR) is 170 cm³/mol. The van der Waals surface area contributed by atoms with Crippen LogP contribution in [0.2, 0.25) is 0 Å². The summed E-state index contributed by atoms with van der Waals surface area (Å²) in [6.07, 6.45) is 5.72. The highest BCUT2D eigenvalue weighted by Gasteiger charge is 2.31. The van der Waals surface area contributed by atoms with Crippen LogP contribution in [0.3, 0.4) is 0 Å². The standard InChI is InChI=1S/C33H35N5O9/c1-4-15-38(26-11-7-20-16-25-23(17-22(20)26)31(43)35-18(2)34-25)21-8-5-19(6-9-21)30(42)36-24(32(44)45)10-13-28(39)37(3)27(33(46)47)12-14-29(40)41/h1,5-6,8-9,16-17,24,26-27H,7,10-15H2,2-3H3,(H,36,42)(H,40,41)(H,44,45)(H,46,47)(H,34,35,43)/t24-,26?,27+/m0/s1. The van der Waals surface area contributed by atoms with Crippen molar-refractivity contribution in [3.8, 4) is 12.3 Å². The fourth-order valence-electron chi connectivity index (χ4n) is 5.81. The largest absolute Gasteiger partial charge is 0.481 e. The first-order valence-corrected chi connectivity index (χ1v) is 14.9. The maximum atomic E-state index is 13.0. The fraction of sp³-hybridized carbons (Fsp3) is 0.364. The number of nitrogens with one attached hydrogen (secondary N) is 2. The van der Waals surface area contributed by atoms with Crippen LogP contribution in [0, 0.1) is 19.3 Å². The summed E-state index contributed by atoms with van der Waals surface area (Å²) in [5.41, 5.74) is 3.31. The van der Waals surface area contributed by atoms with Crippen LogP contribution in [0.15, 0.2) is 41.2 Å². The van der Waals surface area contributed by atoms with Crippen molar-refractivity contribution in [2.24, 2.45) is 0 Å². The van der Waals surface area contributed by atoms with Gasteiger partial charge in [-0.25, -0.2) is 14.6 Å². The Balaban J connectivity index is 1.45. The van der Waals surface area contributed by atoms with Crippen LogP contribution in [0.5, 0.6) is 0 Å². The van der Waals surface area contributed by atoms with E-state index in [9.17, 15) is 39.0 Å². The number of likely N-dealkylation sites (N-methyl/N-ethyl adjacent to an activating group) is 1. The van der Waals surface area contributed by atoms with Gasteiger partial charge in [0.15, 0.2) is 0 Å². The summed E-state index contributed by atoms with van der Waals surface area (Å²) in [5, 5.41) is 30.8. The van der Waals surface area contributed by atoms with Gasteiger partial charge in [0.05, 0.1) is 23.5 Å². The Labute approximate surface area is 269 Å². The number of benzene rings is 2. The molecule has 1 aliphatic carbocycles. The van der Waals surface area contributed by atoms with Gasteiger partial charge in [-0.15, -0.1) is 6.42 Å². The SMILES string of the molecule is C#CCN(c1ccc(C(=O)N[C@@H](CCC(=O)N(C)[C@H](CCC(=O)O)C(=O)O)C(=O)O)cc1)C1CCc2cc3nc(C)[nH]c(=O)c3cc21. The van der Waals surface area contributed by atoms with Gasteiger partial charge in [-0.2, -0.15) is 0 Å². The van der Waals surface area contributed by atoms with E-state index in [1.54, 1.807) is 19.1 Å². The summed E-state index contributed by atoms with van der Waals surface area (Å²) >= 11 is 0. The first-order valence-electron chi connectivity index (χ1n) is 14.9. The summed E-state index contributed by atoms with van der Waals surface area (Å²) < 4.78 is 0. The molecule has 0 aliphatic heterocycles. The number of anilines is 1. The Morgan fingerprint density at radius 1 is 1.06 bits per heavy atom. The number of carbonyl (C=O) groups is 5. The number of aromatic amines is 1. The van der Waals surface area contributed by atoms with E-state index < -0.39 is 54.6 Å². The van der Waals surface area contributed by atoms with Crippen LogP contribution in [0.25, 0.3) is 10.9 Å². The number of carboxylic acid groups (broad SMARTS) is 3. The van der Waals surface area contributed by atoms with Crippen LogP contribution < -0.4 is 15.8 Å². The van der Waals surface area contributed by atoms with Gasteiger partial charge in [0, 0.05) is 31.1 Å². The first-order chi connectivity index (χ1) is 22.3. The van der Waals surface area contributed by atoms with E-state index in [4.69, 9.17) is 11.5 Å². The molecular weight excluding hydrogens is 610 g/mol. The lowest BCUT2D eigenvalue weighted by atomic mass is 10.0. The van der Waals surface area contributed by atoms with Crippen molar-refractivity contribution in [3.05, 3.63) is 69.3 Å². The maximum absolute atomic E-state index is 13.0. The Kier molecular flexibility index (Phi) is 10.6. The monoisotopic (exact) mass is 645 g/mol. The number of amides is 2. The Bertz CT molecular complexity index is 1810. The van der Waals surface area contributed by atoms with Crippen LogP contribution in [-0.4, -0.2) is 85.6 Å². The molecule has 0 radical (unpaired) electrons. The van der Waals surface area contributed by atoms with Gasteiger partial charge >= 0.3 is 17.9 Å². The Morgan fingerprint density at radius 3 is 2.38 bits per heavy atom. The van der Waals surface area contributed by atoms with Crippen LogP contribution >= 0.6 is 0 Å². The molecule has 0 bridgehead atoms. The lowest BCUT2D eigenvalue weighted by Crippen LogP contribution is -2.45. The number of aliphatic carboxylic acids is 3. The Hall–Kier alpha value is -5.71. The number of aryl methyl sites for hydroxylation is 2. The zero-order chi connectivity index (χ0) is 34.4. The summed E-state index contributed by atoms with van der Waals surface area (Å²) in [4.78, 5) is 82.6. The predicted octanol–water partition coefficient (Wildman–Crippen LogP) is 2.10. The maximum Gasteiger partial charge on any atom is 0.326 e. The van der Waals surface area contributed by atoms with E-state index in [-0.39, 0.29) is 36.6 Å². The molecule has 1 aliphatic rings. The summed E-state index contributed by atoms with van der Waals surface area (Å²) in [6.45, 7) is 1.98. The summed E-state index contributed by atoms with van der Waals surface area (Å²) in [5.74, 6) is -2.19. The molecule has 1 aromatic heterocycles. The van der Waals surface area contributed by atoms with E-state index in [1.807, 2.05) is 17.0 Å². The first kappa shape index (κ1) is 34.2. The third-order valence-electron chi connectivity index (χ3n) is 8.26. The molecule has 0 spiro atoms. The highest BCUT2D eigenvalue weighted by Crippen LogP contribution is 2.39. The molecule has 47 heavy (non-hydrogen) atoms. The fourth-order valence-corrected chi connectivity index (χ4v) is 5.81. The minimum atomic E-state index is -1.45. The van der Waals surface area contributed by atoms with Gasteiger partial charge < -0.3 is 35.4 Å². The van der Waals surface area contributed by atoms with Crippen molar-refractivity contribution >= 4 is 46.3 Å². The zero-order valence-corrected chi connectivity index (χ0v) is 25.9. The molecule has 1 unspecified atom stereocenters. The smallest absolute Gasteiger partial charge is 0.326 e. The third-order valence-corrected chi connectivity index (χ3v) is 8.26. The molecule has 0 fully saturated rings. The number of H-pyrrole nitrogens is 1. The molecular formula is C33H35N5O9. The topological polar surface area (TPSA) is 210 Å². The van der Waals surface area contributed by atoms with E-state index in [0.717, 1.165) is 28.9 Å². The van der Waals surface area contributed by atoms with Gasteiger partial charge in [-0.1, -0.05) is 5.92 Å². The second-order valence-electron chi connectivity index (χ2n) is 11.3. The van der Waals surface area contributed by atoms with Crippen LogP contribution in [-0.2, 0) is 25.6 Å². The van der Waals surface area contributed by atoms with Gasteiger partial charge in [0.2, 0.25) is 5.91 Å². The van der Waals surface area contributed by atoms with Gasteiger partial charge in [-0.05, 0) is 80.1 Å². The second-order valence-corrected chi connectivity index (χ2v) is 11.3. The van der Waals surface area contributed by atoms with Crippen LogP contribution in [0.4, 0.5) is 5.69 Å². The molecule has 14 heteroatoms. The second kappa shape index (κ2) is 14.6. The molecule has 246 valence electrons. The molecule has 14 nitrogen and oxygen atoms in total. The normalized spacial score (nSPS) is 14.8. The van der Waals surface area contributed by atoms with Crippen molar-refractivity contribution < 1.29 is 39.3 Å². The molecule has 5 N–H and O–H groups in total. The van der Waals surface area contributed by atoms with Crippen molar-refractivity contribution in [2.45, 2.75) is 63.6 Å². The van der Waals surface area contributed by atoms with Crippen molar-refractivity contribution in [2.75, 3.05) is 18.5 Å². The quantitative estimate of drug-likeness (QED) is 0.160. The number of aromatic nitrogens is 2. The van der Waals surface area contributed by atoms with Crippen molar-refractivity contribution in [1.29, 1.82) is 0 Å². The molecule has 2 amide bonds. The number of hydrogen-bond acceptors (Lipinski definition) is 8. The van der Waals surface area contributed by atoms with Crippen LogP contribution in [0.1, 0.15) is 65.5 Å². The zero-order valence-electron chi connectivity index (χ0n) is 25.9. The number of carbonyl (C=O) groups excluding carboxylic acids is 2. The van der Waals surface area contributed by atoms with Gasteiger partial charge in [0.25, 0.3) is 11.5 Å². The van der Waals surface area contributed by atoms with Gasteiger partial charge in [0.1, 0.15) is 17.9 Å². The number of hydrogen-bond donors (Lipinski definition) is 5. The molecule has 0 saturated carbocycles. The van der Waals surface area contributed by atoms with Gasteiger partial charge in [-0.3, -0.25) is 19.2 Å². The Morgan fingerprint density at radius 2 is 1.77 bits per heavy atom. The lowest BCUT2D eigenvalue weighted by molar-refractivity contribution is -0.150. The van der Waals surface area contributed by atoms with E-state index in [0.29, 0.717) is 22.4 Å². The number of carboxylic acids is 3. The van der Waals surface area contributed by atoms with E-state index in [2.05, 4.69) is 21.2 Å². The molecule has 3 atom stereocenters. The average molecular weight is 646 g/mol. The number of nitrogens with zero attached hydrogens (tertiary/aromatic N) is 3. The summed E-state index contributed by atoms with van der Waals surface area (Å²) in [7, 11) is 1.20. The molecule has 3 aromatic rings. The minimum absolute atomic E-state index is 0.136. The highest BCUT2D eigenvalue weighted by atomic mass is 16.4. The minimum Gasteiger partial charge on any atom is -0.481 e. The highest BCUT2D eigenvalue weighted by molar-refractivity contribution is 5.97. The molecule has 1 heterocycles. The average Bonchev–Trinajstić information content (AvgIpc) is 3.42. The van der Waals surface area contributed by atoms with E-state index in [1.165, 1.54) is 19.2 Å². The molecule has 0 saturated heterocycles. The third kappa shape index (κ3) is 7.93. The number of fused-ring (bicyclic) bond motifs is 2. The van der Waals surface area contributed by atoms with E-state index >= 15 is 0 Å². The number of rotatable bonds is 14. The number of terminal acetylenes is 1. The lowest BCUT2D eigenvalue weighted by Gasteiger charge is -2.30. The van der Waals surface area contributed by atoms with Crippen molar-refractivity contribution in [3.63, 3.8) is 0 Å². The molecule has 2 aromatic carbocycles. The van der Waals surface area contributed by atoms with Crippen molar-refractivity contribution in [1.82, 2.24) is 20.2 Å². The summed E-state index contributed by atoms with van der Waals surface area (Å²) in [6, 6.07) is 7.24. The molecule has 4 rings (SSSR count).